The molecular weight excluding hydrogens is 589 g/mol. The first-order valence-corrected chi connectivity index (χ1v) is 14.0. The Morgan fingerprint density at radius 2 is 1.97 bits per heavy atom. The number of para-hydroxylation sites is 1. The summed E-state index contributed by atoms with van der Waals surface area (Å²) in [6.07, 6.45) is 6.28. The minimum Gasteiger partial charge on any atom is -0.490 e. The number of primary amides is 1. The Balaban J connectivity index is 1.70. The first-order valence-electron chi connectivity index (χ1n) is 12.1. The molecule has 0 radical (unpaired) electrons. The smallest absolute Gasteiger partial charge is 0.267 e. The molecule has 190 valence electrons. The van der Waals surface area contributed by atoms with E-state index >= 15 is 0 Å². The lowest BCUT2D eigenvalue weighted by molar-refractivity contribution is -0.125. The summed E-state index contributed by atoms with van der Waals surface area (Å²) in [7, 11) is 0. The van der Waals surface area contributed by atoms with Gasteiger partial charge in [-0.05, 0) is 95.9 Å². The predicted octanol–water partition coefficient (Wildman–Crippen LogP) is 5.74. The van der Waals surface area contributed by atoms with Crippen LogP contribution in [0.15, 0.2) is 52.4 Å². The summed E-state index contributed by atoms with van der Waals surface area (Å²) in [4.78, 5) is 32.4. The molecular formula is C27H30IN3O4S. The molecule has 0 bridgehead atoms. The largest absolute Gasteiger partial charge is 0.490 e. The van der Waals surface area contributed by atoms with Gasteiger partial charge in [0, 0.05) is 6.04 Å². The maximum atomic E-state index is 13.7. The molecule has 36 heavy (non-hydrogen) atoms. The highest BCUT2D eigenvalue weighted by molar-refractivity contribution is 14.1. The van der Waals surface area contributed by atoms with E-state index in [1.807, 2.05) is 60.4 Å². The van der Waals surface area contributed by atoms with Crippen LogP contribution in [0.3, 0.4) is 0 Å². The van der Waals surface area contributed by atoms with Gasteiger partial charge >= 0.3 is 0 Å². The molecule has 0 unspecified atom stereocenters. The lowest BCUT2D eigenvalue weighted by Crippen LogP contribution is -2.44. The van der Waals surface area contributed by atoms with Crippen LogP contribution in [0.2, 0.25) is 0 Å². The highest BCUT2D eigenvalue weighted by Crippen LogP contribution is 2.41. The standard InChI is InChI=1S/C27H30IN3O4S/c1-3-34-22-14-18(13-20(28)25(22)35-16-24(29)32)15-23-26(33)31(21-12-8-7-9-17(21)2)27(36-23)30-19-10-5-4-6-11-19/h4-6,10-11,13-15,17,21H,3,7-9,12,16H2,1-2H3,(H2,29,32)/b23-15-,30-27?/t17-,21-/m1/s1. The van der Waals surface area contributed by atoms with E-state index in [0.717, 1.165) is 39.3 Å². The molecule has 7 nitrogen and oxygen atoms in total. The van der Waals surface area contributed by atoms with Gasteiger partial charge in [-0.25, -0.2) is 4.99 Å². The highest BCUT2D eigenvalue weighted by Gasteiger charge is 2.41. The predicted molar refractivity (Wildman–Crippen MR) is 152 cm³/mol. The first kappa shape index (κ1) is 26.5. The van der Waals surface area contributed by atoms with E-state index in [4.69, 9.17) is 20.2 Å². The second-order valence-electron chi connectivity index (χ2n) is 8.86. The molecule has 1 aliphatic carbocycles. The molecule has 2 fully saturated rings. The van der Waals surface area contributed by atoms with Crippen molar-refractivity contribution in [3.05, 3.63) is 56.5 Å². The molecule has 1 heterocycles. The van der Waals surface area contributed by atoms with E-state index in [-0.39, 0.29) is 18.6 Å². The van der Waals surface area contributed by atoms with E-state index < -0.39 is 5.91 Å². The molecule has 2 aromatic rings. The number of hydrogen-bond donors (Lipinski definition) is 1. The van der Waals surface area contributed by atoms with Crippen LogP contribution >= 0.6 is 34.4 Å². The maximum Gasteiger partial charge on any atom is 0.267 e. The number of carbonyl (C=O) groups is 2. The number of thioether (sulfide) groups is 1. The number of nitrogens with zero attached hydrogens (tertiary/aromatic N) is 2. The number of amidine groups is 1. The van der Waals surface area contributed by atoms with E-state index in [0.29, 0.717) is 28.9 Å². The summed E-state index contributed by atoms with van der Waals surface area (Å²) in [6, 6.07) is 13.6. The fourth-order valence-electron chi connectivity index (χ4n) is 4.52. The minimum atomic E-state index is -0.560. The number of rotatable bonds is 8. The summed E-state index contributed by atoms with van der Waals surface area (Å²) >= 11 is 3.55. The fourth-order valence-corrected chi connectivity index (χ4v) is 6.35. The number of carbonyl (C=O) groups excluding carboxylic acids is 2. The lowest BCUT2D eigenvalue weighted by atomic mass is 9.85. The molecule has 1 aliphatic heterocycles. The van der Waals surface area contributed by atoms with Crippen LogP contribution in [0.5, 0.6) is 11.5 Å². The molecule has 4 rings (SSSR count). The van der Waals surface area contributed by atoms with Crippen molar-refractivity contribution < 1.29 is 19.1 Å². The Kier molecular flexibility index (Phi) is 8.95. The second-order valence-corrected chi connectivity index (χ2v) is 11.0. The quantitative estimate of drug-likeness (QED) is 0.301. The summed E-state index contributed by atoms with van der Waals surface area (Å²) < 4.78 is 12.1. The molecule has 1 saturated carbocycles. The van der Waals surface area contributed by atoms with Gasteiger partial charge in [-0.3, -0.25) is 14.5 Å². The van der Waals surface area contributed by atoms with Crippen LogP contribution in [-0.4, -0.2) is 41.1 Å². The van der Waals surface area contributed by atoms with Gasteiger partial charge in [0.25, 0.3) is 11.8 Å². The SMILES string of the molecule is CCOc1cc(/C=C2\SC(=Nc3ccccc3)N([C@@H]3CCCC[C@H]3C)C2=O)cc(I)c1OCC(N)=O. The van der Waals surface area contributed by atoms with Crippen molar-refractivity contribution in [2.24, 2.45) is 16.6 Å². The number of amides is 2. The van der Waals surface area contributed by atoms with Gasteiger partial charge < -0.3 is 15.2 Å². The Labute approximate surface area is 229 Å². The first-order chi connectivity index (χ1) is 17.4. The van der Waals surface area contributed by atoms with Crippen molar-refractivity contribution in [2.45, 2.75) is 45.6 Å². The topological polar surface area (TPSA) is 94.2 Å². The molecule has 0 spiro atoms. The molecule has 1 saturated heterocycles. The minimum absolute atomic E-state index is 0.0181. The van der Waals surface area contributed by atoms with Gasteiger partial charge in [-0.15, -0.1) is 0 Å². The van der Waals surface area contributed by atoms with E-state index in [1.54, 1.807) is 0 Å². The average Bonchev–Trinajstić information content (AvgIpc) is 3.13. The van der Waals surface area contributed by atoms with Crippen LogP contribution in [0.25, 0.3) is 6.08 Å². The number of aliphatic imine (C=N–C) groups is 1. The summed E-state index contributed by atoms with van der Waals surface area (Å²) in [5, 5.41) is 0.720. The van der Waals surface area contributed by atoms with Crippen LogP contribution in [0.1, 0.15) is 45.1 Å². The van der Waals surface area contributed by atoms with Gasteiger partial charge in [0.15, 0.2) is 23.3 Å². The molecule has 2 aromatic carbocycles. The number of halogens is 1. The third-order valence-electron chi connectivity index (χ3n) is 6.20. The maximum absolute atomic E-state index is 13.7. The zero-order chi connectivity index (χ0) is 25.7. The van der Waals surface area contributed by atoms with Gasteiger partial charge in [-0.2, -0.15) is 0 Å². The van der Waals surface area contributed by atoms with Crippen molar-refractivity contribution in [1.29, 1.82) is 0 Å². The summed E-state index contributed by atoms with van der Waals surface area (Å²) in [5.74, 6) is 0.803. The molecule has 2 atom stereocenters. The summed E-state index contributed by atoms with van der Waals surface area (Å²) in [6.45, 7) is 4.30. The number of nitrogens with two attached hydrogens (primary N) is 1. The van der Waals surface area contributed by atoms with Crippen molar-refractivity contribution in [3.63, 3.8) is 0 Å². The normalized spacial score (nSPS) is 22.3. The Morgan fingerprint density at radius 3 is 2.67 bits per heavy atom. The number of hydrogen-bond acceptors (Lipinski definition) is 6. The Bertz CT molecular complexity index is 1190. The fraction of sp³-hybridized carbons (Fsp3) is 0.370. The average molecular weight is 620 g/mol. The zero-order valence-corrected chi connectivity index (χ0v) is 23.4. The molecule has 2 amide bonds. The van der Waals surface area contributed by atoms with Crippen molar-refractivity contribution >= 4 is 63.1 Å². The van der Waals surface area contributed by atoms with Crippen LogP contribution in [0, 0.1) is 9.49 Å². The van der Waals surface area contributed by atoms with Crippen LogP contribution < -0.4 is 15.2 Å². The Morgan fingerprint density at radius 1 is 1.22 bits per heavy atom. The molecule has 0 aromatic heterocycles. The molecule has 2 N–H and O–H groups in total. The van der Waals surface area contributed by atoms with Gasteiger partial charge in [0.05, 0.1) is 20.8 Å². The van der Waals surface area contributed by atoms with Crippen molar-refractivity contribution in [2.75, 3.05) is 13.2 Å². The summed E-state index contributed by atoms with van der Waals surface area (Å²) in [5.41, 5.74) is 6.88. The van der Waals surface area contributed by atoms with E-state index in [9.17, 15) is 9.59 Å². The molecule has 2 aliphatic rings. The third kappa shape index (κ3) is 6.23. The van der Waals surface area contributed by atoms with Crippen LogP contribution in [0.4, 0.5) is 5.69 Å². The zero-order valence-electron chi connectivity index (χ0n) is 20.4. The van der Waals surface area contributed by atoms with Crippen molar-refractivity contribution in [3.8, 4) is 11.5 Å². The van der Waals surface area contributed by atoms with Crippen LogP contribution in [-0.2, 0) is 9.59 Å². The second kappa shape index (κ2) is 12.1. The van der Waals surface area contributed by atoms with Gasteiger partial charge in [0.2, 0.25) is 0 Å². The molecule has 9 heteroatoms. The van der Waals surface area contributed by atoms with E-state index in [2.05, 4.69) is 29.5 Å². The third-order valence-corrected chi connectivity index (χ3v) is 7.99. The number of benzene rings is 2. The van der Waals surface area contributed by atoms with Gasteiger partial charge in [-0.1, -0.05) is 38.0 Å². The van der Waals surface area contributed by atoms with Crippen molar-refractivity contribution in [1.82, 2.24) is 4.90 Å². The number of ether oxygens (including phenoxy) is 2. The monoisotopic (exact) mass is 619 g/mol. The van der Waals surface area contributed by atoms with Gasteiger partial charge in [0.1, 0.15) is 0 Å². The Hall–Kier alpha value is -2.53. The highest BCUT2D eigenvalue weighted by atomic mass is 127. The van der Waals surface area contributed by atoms with E-state index in [1.165, 1.54) is 18.2 Å². The lowest BCUT2D eigenvalue weighted by Gasteiger charge is -2.35.